The largest absolute Gasteiger partial charge is 0.490 e. The maximum Gasteiger partial charge on any atom is 0.306 e. The summed E-state index contributed by atoms with van der Waals surface area (Å²) in [6, 6.07) is 14.8. The number of Topliss-reactive ketones (excluding diaryl/α,β-unsaturated/α-hetero) is 1. The number of halogens is 1. The molecule has 2 aliphatic carbocycles. The highest BCUT2D eigenvalue weighted by Gasteiger charge is 2.27. The Labute approximate surface area is 204 Å². The van der Waals surface area contributed by atoms with Gasteiger partial charge in [0.05, 0.1) is 17.1 Å². The number of benzene rings is 2. The fourth-order valence-electron chi connectivity index (χ4n) is 4.54. The number of hydrogen-bond donors (Lipinski definition) is 2. The molecule has 0 aliphatic heterocycles. The maximum absolute atomic E-state index is 12.5. The van der Waals surface area contributed by atoms with E-state index in [1.807, 2.05) is 24.3 Å². The van der Waals surface area contributed by atoms with Crippen molar-refractivity contribution < 1.29 is 24.2 Å². The quantitative estimate of drug-likeness (QED) is 0.388. The van der Waals surface area contributed by atoms with Gasteiger partial charge in [-0.1, -0.05) is 35.9 Å². The lowest BCUT2D eigenvalue weighted by molar-refractivity contribution is -0.143. The molecule has 7 heteroatoms. The second kappa shape index (κ2) is 10.9. The average Bonchev–Trinajstić information content (AvgIpc) is 3.19. The Bertz CT molecular complexity index is 1100. The van der Waals surface area contributed by atoms with Crippen molar-refractivity contribution in [2.45, 2.75) is 51.0 Å². The van der Waals surface area contributed by atoms with Crippen LogP contribution in [0.15, 0.2) is 54.1 Å². The van der Waals surface area contributed by atoms with Crippen LogP contribution < -0.4 is 10.1 Å². The molecule has 178 valence electrons. The van der Waals surface area contributed by atoms with Crippen LogP contribution in [0.3, 0.4) is 0 Å². The van der Waals surface area contributed by atoms with E-state index in [0.29, 0.717) is 60.6 Å². The van der Waals surface area contributed by atoms with Crippen molar-refractivity contribution in [2.75, 3.05) is 6.54 Å². The third kappa shape index (κ3) is 5.68. The number of carboxylic acid groups (broad SMARTS) is 1. The molecule has 6 nitrogen and oxygen atoms in total. The number of carbonyl (C=O) groups is 3. The standard InChI is InChI=1S/C27H28ClNO5/c28-25-22-5-2-1-4-19(22)16-23(25)26(31)29-15-3-6-24(30)17-7-11-20(12-8-17)34-21-13-9-18(10-14-21)27(32)33/h1-2,4-5,7-8,11-12,18,21H,3,6,9-10,13-16H2,(H,29,31)(H,32,33). The minimum absolute atomic E-state index is 0.00767. The minimum atomic E-state index is -0.731. The van der Waals surface area contributed by atoms with Crippen molar-refractivity contribution in [1.29, 1.82) is 0 Å². The van der Waals surface area contributed by atoms with E-state index in [0.717, 1.165) is 24.0 Å². The zero-order valence-electron chi connectivity index (χ0n) is 18.9. The topological polar surface area (TPSA) is 92.7 Å². The Kier molecular flexibility index (Phi) is 7.68. The van der Waals surface area contributed by atoms with Crippen LogP contribution in [-0.2, 0) is 16.0 Å². The highest BCUT2D eigenvalue weighted by Crippen LogP contribution is 2.35. The number of nitrogens with one attached hydrogen (secondary N) is 1. The number of rotatable bonds is 9. The molecule has 0 bridgehead atoms. The van der Waals surface area contributed by atoms with Crippen LogP contribution in [0.2, 0.25) is 0 Å². The number of hydrogen-bond acceptors (Lipinski definition) is 4. The highest BCUT2D eigenvalue weighted by atomic mass is 35.5. The maximum atomic E-state index is 12.5. The lowest BCUT2D eigenvalue weighted by Gasteiger charge is -2.26. The normalized spacial score (nSPS) is 19.4. The first-order chi connectivity index (χ1) is 16.4. The van der Waals surface area contributed by atoms with E-state index in [1.165, 1.54) is 0 Å². The number of ketones is 1. The van der Waals surface area contributed by atoms with E-state index >= 15 is 0 Å². The Morgan fingerprint density at radius 1 is 1.00 bits per heavy atom. The summed E-state index contributed by atoms with van der Waals surface area (Å²) in [4.78, 5) is 36.1. The predicted octanol–water partition coefficient (Wildman–Crippen LogP) is 4.99. The van der Waals surface area contributed by atoms with E-state index in [2.05, 4.69) is 5.32 Å². The molecule has 1 amide bonds. The van der Waals surface area contributed by atoms with Gasteiger partial charge in [-0.05, 0) is 67.5 Å². The molecule has 2 aliphatic rings. The van der Waals surface area contributed by atoms with Gasteiger partial charge in [0, 0.05) is 30.5 Å². The number of amides is 1. The van der Waals surface area contributed by atoms with Gasteiger partial charge < -0.3 is 15.2 Å². The molecule has 4 rings (SSSR count). The van der Waals surface area contributed by atoms with Crippen molar-refractivity contribution in [3.63, 3.8) is 0 Å². The molecule has 0 radical (unpaired) electrons. The SMILES string of the molecule is O=C(NCCCC(=O)c1ccc(OC2CCC(C(=O)O)CC2)cc1)C1=C(Cl)c2ccccc2C1. The summed E-state index contributed by atoms with van der Waals surface area (Å²) >= 11 is 6.37. The summed E-state index contributed by atoms with van der Waals surface area (Å²) in [6.07, 6.45) is 4.09. The third-order valence-corrected chi connectivity index (χ3v) is 6.96. The lowest BCUT2D eigenvalue weighted by atomic mass is 9.87. The van der Waals surface area contributed by atoms with Crippen molar-refractivity contribution >= 4 is 34.3 Å². The van der Waals surface area contributed by atoms with Crippen LogP contribution in [0.4, 0.5) is 0 Å². The molecule has 0 heterocycles. The molecule has 2 N–H and O–H groups in total. The summed E-state index contributed by atoms with van der Waals surface area (Å²) in [5, 5.41) is 12.5. The van der Waals surface area contributed by atoms with Gasteiger partial charge in [0.1, 0.15) is 5.75 Å². The number of aliphatic carboxylic acids is 1. The molecule has 1 fully saturated rings. The number of fused-ring (bicyclic) bond motifs is 1. The van der Waals surface area contributed by atoms with Gasteiger partial charge in [0.15, 0.2) is 5.78 Å². The number of ether oxygens (including phenoxy) is 1. The molecule has 0 unspecified atom stereocenters. The Morgan fingerprint density at radius 2 is 1.71 bits per heavy atom. The summed E-state index contributed by atoms with van der Waals surface area (Å²) in [6.45, 7) is 0.398. The van der Waals surface area contributed by atoms with E-state index in [4.69, 9.17) is 21.4 Å². The molecule has 1 saturated carbocycles. The van der Waals surface area contributed by atoms with Crippen LogP contribution in [0.5, 0.6) is 5.75 Å². The summed E-state index contributed by atoms with van der Waals surface area (Å²) in [5.41, 5.74) is 3.13. The monoisotopic (exact) mass is 481 g/mol. The average molecular weight is 482 g/mol. The minimum Gasteiger partial charge on any atom is -0.490 e. The Hall–Kier alpha value is -3.12. The van der Waals surface area contributed by atoms with Crippen LogP contribution in [-0.4, -0.2) is 35.4 Å². The highest BCUT2D eigenvalue weighted by molar-refractivity contribution is 6.51. The van der Waals surface area contributed by atoms with E-state index < -0.39 is 5.97 Å². The van der Waals surface area contributed by atoms with Crippen LogP contribution in [0.25, 0.3) is 5.03 Å². The van der Waals surface area contributed by atoms with Gasteiger partial charge in [-0.15, -0.1) is 0 Å². The first-order valence-electron chi connectivity index (χ1n) is 11.7. The molecule has 0 saturated heterocycles. The molecule has 0 atom stereocenters. The first kappa shape index (κ1) is 24.0. The molecular weight excluding hydrogens is 454 g/mol. The van der Waals surface area contributed by atoms with E-state index in [9.17, 15) is 14.4 Å². The molecule has 0 aromatic heterocycles. The smallest absolute Gasteiger partial charge is 0.306 e. The van der Waals surface area contributed by atoms with Gasteiger partial charge in [-0.2, -0.15) is 0 Å². The third-order valence-electron chi connectivity index (χ3n) is 6.53. The number of carbonyl (C=O) groups excluding carboxylic acids is 2. The van der Waals surface area contributed by atoms with Crippen molar-refractivity contribution in [1.82, 2.24) is 5.32 Å². The summed E-state index contributed by atoms with van der Waals surface area (Å²) < 4.78 is 5.96. The van der Waals surface area contributed by atoms with Crippen LogP contribution in [0.1, 0.15) is 60.0 Å². The van der Waals surface area contributed by atoms with Crippen LogP contribution in [0, 0.1) is 5.92 Å². The molecule has 34 heavy (non-hydrogen) atoms. The van der Waals surface area contributed by atoms with Gasteiger partial charge in [0.25, 0.3) is 0 Å². The van der Waals surface area contributed by atoms with Gasteiger partial charge in [-0.3, -0.25) is 14.4 Å². The first-order valence-corrected chi connectivity index (χ1v) is 12.1. The van der Waals surface area contributed by atoms with Gasteiger partial charge >= 0.3 is 5.97 Å². The van der Waals surface area contributed by atoms with Crippen molar-refractivity contribution in [3.05, 3.63) is 70.8 Å². The zero-order valence-corrected chi connectivity index (χ0v) is 19.6. The van der Waals surface area contributed by atoms with Crippen LogP contribution >= 0.6 is 11.6 Å². The fraction of sp³-hybridized carbons (Fsp3) is 0.370. The van der Waals surface area contributed by atoms with Gasteiger partial charge in [-0.25, -0.2) is 0 Å². The molecular formula is C27H28ClNO5. The summed E-state index contributed by atoms with van der Waals surface area (Å²) in [7, 11) is 0. The van der Waals surface area contributed by atoms with Crippen molar-refractivity contribution in [2.24, 2.45) is 5.92 Å². The van der Waals surface area contributed by atoms with Crippen molar-refractivity contribution in [3.8, 4) is 5.75 Å². The summed E-state index contributed by atoms with van der Waals surface area (Å²) in [5.74, 6) is -0.496. The second-order valence-corrected chi connectivity index (χ2v) is 9.24. The fourth-order valence-corrected chi connectivity index (χ4v) is 4.88. The zero-order chi connectivity index (χ0) is 24.1. The Balaban J connectivity index is 1.19. The number of carboxylic acids is 1. The predicted molar refractivity (Wildman–Crippen MR) is 130 cm³/mol. The Morgan fingerprint density at radius 3 is 2.38 bits per heavy atom. The second-order valence-electron chi connectivity index (χ2n) is 8.86. The van der Waals surface area contributed by atoms with Gasteiger partial charge in [0.2, 0.25) is 5.91 Å². The lowest BCUT2D eigenvalue weighted by Crippen LogP contribution is -2.27. The molecule has 2 aromatic carbocycles. The van der Waals surface area contributed by atoms with E-state index in [1.54, 1.807) is 24.3 Å². The van der Waals surface area contributed by atoms with E-state index in [-0.39, 0.29) is 23.7 Å². The molecule has 0 spiro atoms. The molecule has 2 aromatic rings.